The van der Waals surface area contributed by atoms with Crippen LogP contribution in [-0.2, 0) is 14.6 Å². The summed E-state index contributed by atoms with van der Waals surface area (Å²) in [4.78, 5) is 15.9. The molecule has 0 saturated carbocycles. The summed E-state index contributed by atoms with van der Waals surface area (Å²) in [6, 6.07) is 23.6. The van der Waals surface area contributed by atoms with E-state index >= 15 is 0 Å². The Morgan fingerprint density at radius 3 is 2.35 bits per heavy atom. The highest BCUT2D eigenvalue weighted by Gasteiger charge is 2.22. The van der Waals surface area contributed by atoms with Gasteiger partial charge in [-0.15, -0.1) is 0 Å². The Bertz CT molecular complexity index is 1300. The molecule has 1 amide bonds. The summed E-state index contributed by atoms with van der Waals surface area (Å²) < 4.78 is 25.1. The number of sulfone groups is 1. The minimum Gasteiger partial charge on any atom is -0.361 e. The minimum atomic E-state index is -3.75. The van der Waals surface area contributed by atoms with Crippen molar-refractivity contribution in [3.05, 3.63) is 101 Å². The number of carbonyl (C=O) groups excluding carboxylic acids is 1. The molecule has 158 valence electrons. The predicted molar refractivity (Wildman–Crippen MR) is 123 cm³/mol. The highest BCUT2D eigenvalue weighted by Crippen LogP contribution is 2.30. The number of fused-ring (bicyclic) bond motifs is 1. The maximum atomic E-state index is 12.6. The molecule has 0 spiro atoms. The molecule has 0 saturated heterocycles. The first kappa shape index (κ1) is 21.2. The normalized spacial score (nSPS) is 12.5. The molecule has 3 aromatic carbocycles. The maximum Gasteiger partial charge on any atom is 0.235 e. The number of benzene rings is 3. The van der Waals surface area contributed by atoms with E-state index in [0.717, 1.165) is 22.0 Å². The van der Waals surface area contributed by atoms with Crippen molar-refractivity contribution in [2.75, 3.05) is 12.3 Å². The van der Waals surface area contributed by atoms with Gasteiger partial charge in [-0.3, -0.25) is 4.79 Å². The molecule has 0 aliphatic carbocycles. The van der Waals surface area contributed by atoms with Gasteiger partial charge in [0.25, 0.3) is 0 Å². The third-order valence-corrected chi connectivity index (χ3v) is 7.08. The van der Waals surface area contributed by atoms with Gasteiger partial charge in [0, 0.05) is 34.6 Å². The highest BCUT2D eigenvalue weighted by atomic mass is 35.5. The standard InChI is InChI=1S/C24H21ClN2O3S/c25-18-10-12-19(13-11-18)31(29,30)16-24(28)27-14-21(17-6-2-1-3-7-17)22-15-26-23-9-5-4-8-20(22)23/h1-13,15,21,26H,14,16H2,(H,27,28)/t21-/m1/s1. The summed E-state index contributed by atoms with van der Waals surface area (Å²) in [6.45, 7) is 0.279. The lowest BCUT2D eigenvalue weighted by atomic mass is 9.91. The van der Waals surface area contributed by atoms with Crippen molar-refractivity contribution in [2.24, 2.45) is 0 Å². The number of halogens is 1. The summed E-state index contributed by atoms with van der Waals surface area (Å²) in [6.07, 6.45) is 1.94. The molecule has 4 aromatic rings. The summed E-state index contributed by atoms with van der Waals surface area (Å²) in [5.41, 5.74) is 3.09. The number of carbonyl (C=O) groups is 1. The molecular formula is C24H21ClN2O3S. The molecule has 0 fully saturated rings. The largest absolute Gasteiger partial charge is 0.361 e. The smallest absolute Gasteiger partial charge is 0.235 e. The van der Waals surface area contributed by atoms with Gasteiger partial charge in [0.1, 0.15) is 5.75 Å². The van der Waals surface area contributed by atoms with E-state index in [4.69, 9.17) is 11.6 Å². The van der Waals surface area contributed by atoms with Gasteiger partial charge in [0.2, 0.25) is 5.91 Å². The minimum absolute atomic E-state index is 0.0725. The third kappa shape index (κ3) is 4.81. The highest BCUT2D eigenvalue weighted by molar-refractivity contribution is 7.92. The van der Waals surface area contributed by atoms with Crippen molar-refractivity contribution in [2.45, 2.75) is 10.8 Å². The summed E-state index contributed by atoms with van der Waals surface area (Å²) in [7, 11) is -3.75. The average Bonchev–Trinajstić information content (AvgIpc) is 3.19. The SMILES string of the molecule is O=C(CS(=O)(=O)c1ccc(Cl)cc1)NC[C@H](c1ccccc1)c1c[nH]c2ccccc12. The van der Waals surface area contributed by atoms with Crippen molar-refractivity contribution in [1.82, 2.24) is 10.3 Å². The van der Waals surface area contributed by atoms with Gasteiger partial charge in [-0.2, -0.15) is 0 Å². The molecule has 0 aliphatic heterocycles. The molecule has 0 radical (unpaired) electrons. The average molecular weight is 453 g/mol. The zero-order valence-corrected chi connectivity index (χ0v) is 18.2. The molecule has 0 aliphatic rings. The van der Waals surface area contributed by atoms with Gasteiger partial charge >= 0.3 is 0 Å². The van der Waals surface area contributed by atoms with Gasteiger partial charge < -0.3 is 10.3 Å². The lowest BCUT2D eigenvalue weighted by molar-refractivity contribution is -0.118. The maximum absolute atomic E-state index is 12.6. The fraction of sp³-hybridized carbons (Fsp3) is 0.125. The molecule has 7 heteroatoms. The van der Waals surface area contributed by atoms with Crippen LogP contribution in [0.1, 0.15) is 17.0 Å². The van der Waals surface area contributed by atoms with Gasteiger partial charge in [-0.1, -0.05) is 60.1 Å². The first-order chi connectivity index (χ1) is 14.9. The molecule has 1 atom stereocenters. The van der Waals surface area contributed by atoms with E-state index in [-0.39, 0.29) is 17.4 Å². The molecule has 0 unspecified atom stereocenters. The van der Waals surface area contributed by atoms with Gasteiger partial charge in [-0.25, -0.2) is 8.42 Å². The van der Waals surface area contributed by atoms with Crippen LogP contribution in [-0.4, -0.2) is 31.6 Å². The van der Waals surface area contributed by atoms with Gasteiger partial charge in [-0.05, 0) is 41.5 Å². The van der Waals surface area contributed by atoms with E-state index in [1.165, 1.54) is 24.3 Å². The zero-order chi connectivity index (χ0) is 21.8. The monoisotopic (exact) mass is 452 g/mol. The lowest BCUT2D eigenvalue weighted by Gasteiger charge is -2.18. The Hall–Kier alpha value is -3.09. The Labute approximate surface area is 186 Å². The number of hydrogen-bond donors (Lipinski definition) is 2. The number of H-pyrrole nitrogens is 1. The number of nitrogens with one attached hydrogen (secondary N) is 2. The second kappa shape index (κ2) is 8.96. The molecule has 1 aromatic heterocycles. The van der Waals surface area contributed by atoms with Crippen molar-refractivity contribution in [3.8, 4) is 0 Å². The summed E-state index contributed by atoms with van der Waals surface area (Å²) in [5.74, 6) is -1.29. The predicted octanol–water partition coefficient (Wildman–Crippen LogP) is 4.54. The Morgan fingerprint density at radius 2 is 1.61 bits per heavy atom. The molecule has 4 rings (SSSR count). The fourth-order valence-corrected chi connectivity index (χ4v) is 4.93. The first-order valence-corrected chi connectivity index (χ1v) is 11.8. The molecular weight excluding hydrogens is 432 g/mol. The second-order valence-corrected chi connectivity index (χ2v) is 9.70. The van der Waals surface area contributed by atoms with Crippen LogP contribution in [0.25, 0.3) is 10.9 Å². The number of para-hydroxylation sites is 1. The molecule has 2 N–H and O–H groups in total. The number of rotatable bonds is 7. The third-order valence-electron chi connectivity index (χ3n) is 5.20. The van der Waals surface area contributed by atoms with Gasteiger partial charge in [0.05, 0.1) is 4.90 Å². The van der Waals surface area contributed by atoms with Crippen LogP contribution in [0, 0.1) is 0 Å². The number of amides is 1. The van der Waals surface area contributed by atoms with E-state index < -0.39 is 21.5 Å². The van der Waals surface area contributed by atoms with E-state index in [9.17, 15) is 13.2 Å². The van der Waals surface area contributed by atoms with Crippen LogP contribution < -0.4 is 5.32 Å². The second-order valence-electron chi connectivity index (χ2n) is 7.27. The van der Waals surface area contributed by atoms with Crippen LogP contribution in [0.15, 0.2) is 90.0 Å². The van der Waals surface area contributed by atoms with Crippen LogP contribution in [0.2, 0.25) is 5.02 Å². The molecule has 1 heterocycles. The van der Waals surface area contributed by atoms with E-state index in [2.05, 4.69) is 10.3 Å². The van der Waals surface area contributed by atoms with Crippen molar-refractivity contribution in [1.29, 1.82) is 0 Å². The van der Waals surface area contributed by atoms with Crippen molar-refractivity contribution < 1.29 is 13.2 Å². The van der Waals surface area contributed by atoms with Crippen LogP contribution in [0.5, 0.6) is 0 Å². The van der Waals surface area contributed by atoms with Crippen molar-refractivity contribution >= 4 is 38.2 Å². The number of hydrogen-bond acceptors (Lipinski definition) is 3. The quantitative estimate of drug-likeness (QED) is 0.432. The Morgan fingerprint density at radius 1 is 0.935 bits per heavy atom. The molecule has 31 heavy (non-hydrogen) atoms. The van der Waals surface area contributed by atoms with Crippen LogP contribution in [0.4, 0.5) is 0 Å². The van der Waals surface area contributed by atoms with Gasteiger partial charge in [0.15, 0.2) is 9.84 Å². The van der Waals surface area contributed by atoms with Crippen molar-refractivity contribution in [3.63, 3.8) is 0 Å². The molecule has 0 bridgehead atoms. The Kier molecular flexibility index (Phi) is 6.11. The number of aromatic nitrogens is 1. The van der Waals surface area contributed by atoms with E-state index in [1.807, 2.05) is 60.8 Å². The van der Waals surface area contributed by atoms with E-state index in [1.54, 1.807) is 0 Å². The fourth-order valence-electron chi connectivity index (χ4n) is 3.64. The summed E-state index contributed by atoms with van der Waals surface area (Å²) >= 11 is 5.82. The number of aromatic amines is 1. The Balaban J connectivity index is 1.54. The summed E-state index contributed by atoms with van der Waals surface area (Å²) in [5, 5.41) is 4.32. The topological polar surface area (TPSA) is 79.0 Å². The first-order valence-electron chi connectivity index (χ1n) is 9.80. The van der Waals surface area contributed by atoms with Crippen LogP contribution >= 0.6 is 11.6 Å². The van der Waals surface area contributed by atoms with E-state index in [0.29, 0.717) is 5.02 Å². The molecule has 5 nitrogen and oxygen atoms in total. The van der Waals surface area contributed by atoms with Crippen LogP contribution in [0.3, 0.4) is 0 Å². The lowest BCUT2D eigenvalue weighted by Crippen LogP contribution is -2.33. The zero-order valence-electron chi connectivity index (χ0n) is 16.6.